The zero-order valence-electron chi connectivity index (χ0n) is 12.8. The third-order valence-electron chi connectivity index (χ3n) is 3.38. The van der Waals surface area contributed by atoms with Gasteiger partial charge in [-0.05, 0) is 6.07 Å². The summed E-state index contributed by atoms with van der Waals surface area (Å²) >= 11 is 1.56. The van der Waals surface area contributed by atoms with E-state index in [-0.39, 0.29) is 24.5 Å². The van der Waals surface area contributed by atoms with Crippen LogP contribution in [0, 0.1) is 0 Å². The number of carbonyl (C=O) groups excluding carboxylic acids is 1. The van der Waals surface area contributed by atoms with Gasteiger partial charge in [-0.2, -0.15) is 0 Å². The lowest BCUT2D eigenvalue weighted by Crippen LogP contribution is -2.32. The van der Waals surface area contributed by atoms with Gasteiger partial charge in [0, 0.05) is 12.1 Å². The minimum atomic E-state index is -0.115. The van der Waals surface area contributed by atoms with Gasteiger partial charge in [0.25, 0.3) is 0 Å². The maximum Gasteiger partial charge on any atom is 0.233 e. The van der Waals surface area contributed by atoms with Crippen LogP contribution in [0.2, 0.25) is 0 Å². The minimum absolute atomic E-state index is 0.0180. The zero-order valence-corrected chi connectivity index (χ0v) is 13.6. The average molecular weight is 327 g/mol. The average Bonchev–Trinajstić information content (AvgIpc) is 2.91. The van der Waals surface area contributed by atoms with Gasteiger partial charge in [0.15, 0.2) is 11.5 Å². The first kappa shape index (κ1) is 16.9. The van der Waals surface area contributed by atoms with E-state index in [0.717, 1.165) is 5.56 Å². The van der Waals surface area contributed by atoms with Crippen molar-refractivity contribution in [1.82, 2.24) is 4.90 Å². The number of carbonyl (C=O) groups is 1. The number of thioether (sulfide) groups is 1. The Labute approximate surface area is 134 Å². The van der Waals surface area contributed by atoms with Crippen LogP contribution in [-0.2, 0) is 9.53 Å². The molecule has 0 spiro atoms. The molecule has 2 rings (SSSR count). The largest absolute Gasteiger partial charge is 0.493 e. The van der Waals surface area contributed by atoms with Crippen LogP contribution in [0.1, 0.15) is 10.9 Å². The van der Waals surface area contributed by atoms with Crippen molar-refractivity contribution in [2.24, 2.45) is 0 Å². The van der Waals surface area contributed by atoms with E-state index in [2.05, 4.69) is 0 Å². The van der Waals surface area contributed by atoms with E-state index in [1.165, 1.54) is 0 Å². The van der Waals surface area contributed by atoms with Crippen molar-refractivity contribution < 1.29 is 24.1 Å². The summed E-state index contributed by atoms with van der Waals surface area (Å²) in [6, 6.07) is 5.66. The fourth-order valence-corrected chi connectivity index (χ4v) is 3.62. The molecule has 1 aromatic carbocycles. The number of aliphatic hydroxyl groups is 1. The molecule has 6 nitrogen and oxygen atoms in total. The number of hydrogen-bond donors (Lipinski definition) is 1. The topological polar surface area (TPSA) is 68.2 Å². The number of rotatable bonds is 8. The van der Waals surface area contributed by atoms with Crippen LogP contribution in [0.3, 0.4) is 0 Å². The van der Waals surface area contributed by atoms with E-state index < -0.39 is 0 Å². The molecule has 1 fully saturated rings. The lowest BCUT2D eigenvalue weighted by atomic mass is 10.1. The third kappa shape index (κ3) is 3.66. The van der Waals surface area contributed by atoms with E-state index in [1.54, 1.807) is 30.9 Å². The maximum absolute atomic E-state index is 12.1. The van der Waals surface area contributed by atoms with E-state index >= 15 is 0 Å². The second-order valence-electron chi connectivity index (χ2n) is 4.67. The molecule has 1 aromatic rings. The number of nitrogens with zero attached hydrogens (tertiary/aromatic N) is 1. The summed E-state index contributed by atoms with van der Waals surface area (Å²) in [7, 11) is 3.19. The number of hydrogen-bond acceptors (Lipinski definition) is 6. The van der Waals surface area contributed by atoms with Crippen molar-refractivity contribution >= 4 is 17.7 Å². The molecular formula is C15H21NO5S. The van der Waals surface area contributed by atoms with Crippen molar-refractivity contribution in [3.8, 4) is 11.5 Å². The highest BCUT2D eigenvalue weighted by molar-refractivity contribution is 8.00. The Morgan fingerprint density at radius 2 is 2.14 bits per heavy atom. The fraction of sp³-hybridized carbons (Fsp3) is 0.533. The molecule has 1 heterocycles. The first-order valence-electron chi connectivity index (χ1n) is 7.03. The van der Waals surface area contributed by atoms with Crippen molar-refractivity contribution in [1.29, 1.82) is 0 Å². The van der Waals surface area contributed by atoms with Crippen molar-refractivity contribution in [2.75, 3.05) is 46.3 Å². The van der Waals surface area contributed by atoms with Crippen LogP contribution in [0.25, 0.3) is 0 Å². The van der Waals surface area contributed by atoms with Gasteiger partial charge in [-0.25, -0.2) is 0 Å². The van der Waals surface area contributed by atoms with Gasteiger partial charge >= 0.3 is 0 Å². The van der Waals surface area contributed by atoms with Crippen LogP contribution >= 0.6 is 11.8 Å². The highest BCUT2D eigenvalue weighted by Crippen LogP contribution is 2.45. The number of benzene rings is 1. The number of methoxy groups -OCH3 is 2. The SMILES string of the molecule is COc1cccc(C2SCC(=O)N2CCOCCO)c1OC. The van der Waals surface area contributed by atoms with Gasteiger partial charge in [0.2, 0.25) is 5.91 Å². The van der Waals surface area contributed by atoms with Crippen molar-refractivity contribution in [3.05, 3.63) is 23.8 Å². The molecule has 1 aliphatic heterocycles. The molecule has 0 bridgehead atoms. The summed E-state index contributed by atoms with van der Waals surface area (Å²) in [5.41, 5.74) is 0.917. The van der Waals surface area contributed by atoms with Crippen LogP contribution in [0.4, 0.5) is 0 Å². The van der Waals surface area contributed by atoms with Gasteiger partial charge in [0.1, 0.15) is 5.37 Å². The Hall–Kier alpha value is -1.44. The summed E-state index contributed by atoms with van der Waals surface area (Å²) in [5, 5.41) is 8.61. The molecule has 7 heteroatoms. The molecule has 1 aliphatic rings. The van der Waals surface area contributed by atoms with Crippen molar-refractivity contribution in [2.45, 2.75) is 5.37 Å². The van der Waals surface area contributed by atoms with Crippen LogP contribution in [0.5, 0.6) is 11.5 Å². The summed E-state index contributed by atoms with van der Waals surface area (Å²) in [4.78, 5) is 13.9. The number of amides is 1. The number of aliphatic hydroxyl groups excluding tert-OH is 1. The standard InChI is InChI=1S/C15H21NO5S/c1-19-12-5-3-4-11(14(12)20-2)15-16(13(18)10-22-15)6-8-21-9-7-17/h3-5,15,17H,6-10H2,1-2H3. The number of ether oxygens (including phenoxy) is 3. The van der Waals surface area contributed by atoms with Crippen LogP contribution in [0.15, 0.2) is 18.2 Å². The quantitative estimate of drug-likeness (QED) is 0.726. The second-order valence-corrected chi connectivity index (χ2v) is 5.74. The Morgan fingerprint density at radius 3 is 2.82 bits per heavy atom. The van der Waals surface area contributed by atoms with Crippen LogP contribution < -0.4 is 9.47 Å². The molecule has 1 amide bonds. The maximum atomic E-state index is 12.1. The predicted octanol–water partition coefficient (Wildman–Crippen LogP) is 1.29. The second kappa shape index (κ2) is 8.26. The monoisotopic (exact) mass is 327 g/mol. The smallest absolute Gasteiger partial charge is 0.233 e. The molecular weight excluding hydrogens is 306 g/mol. The molecule has 0 saturated carbocycles. The molecule has 1 atom stereocenters. The van der Waals surface area contributed by atoms with E-state index in [0.29, 0.717) is 30.4 Å². The molecule has 1 unspecified atom stereocenters. The Morgan fingerprint density at radius 1 is 1.32 bits per heavy atom. The summed E-state index contributed by atoms with van der Waals surface area (Å²) in [5.74, 6) is 1.81. The normalized spacial score (nSPS) is 17.9. The summed E-state index contributed by atoms with van der Waals surface area (Å²) in [6.07, 6.45) is 0. The van der Waals surface area contributed by atoms with Crippen molar-refractivity contribution in [3.63, 3.8) is 0 Å². The highest BCUT2D eigenvalue weighted by atomic mass is 32.2. The van der Waals surface area contributed by atoms with Gasteiger partial charge in [0.05, 0.1) is 39.8 Å². The van der Waals surface area contributed by atoms with Gasteiger partial charge < -0.3 is 24.2 Å². The Kier molecular flexibility index (Phi) is 6.35. The van der Waals surface area contributed by atoms with E-state index in [9.17, 15) is 4.79 Å². The Bertz CT molecular complexity index is 511. The zero-order chi connectivity index (χ0) is 15.9. The first-order valence-corrected chi connectivity index (χ1v) is 8.08. The predicted molar refractivity (Wildman–Crippen MR) is 84.4 cm³/mol. The summed E-state index contributed by atoms with van der Waals surface area (Å²) in [6.45, 7) is 1.14. The van der Waals surface area contributed by atoms with E-state index in [1.807, 2.05) is 18.2 Å². The first-order chi connectivity index (χ1) is 10.7. The third-order valence-corrected chi connectivity index (χ3v) is 4.62. The fourth-order valence-electron chi connectivity index (χ4n) is 2.39. The lowest BCUT2D eigenvalue weighted by molar-refractivity contribution is -0.128. The minimum Gasteiger partial charge on any atom is -0.493 e. The molecule has 1 N–H and O–H groups in total. The highest BCUT2D eigenvalue weighted by Gasteiger charge is 2.34. The molecule has 0 aliphatic carbocycles. The Balaban J connectivity index is 2.17. The molecule has 0 aromatic heterocycles. The molecule has 122 valence electrons. The lowest BCUT2D eigenvalue weighted by Gasteiger charge is -2.26. The van der Waals surface area contributed by atoms with E-state index in [4.69, 9.17) is 19.3 Å². The van der Waals surface area contributed by atoms with Gasteiger partial charge in [-0.3, -0.25) is 4.79 Å². The van der Waals surface area contributed by atoms with Gasteiger partial charge in [-0.1, -0.05) is 12.1 Å². The van der Waals surface area contributed by atoms with Crippen LogP contribution in [-0.4, -0.2) is 62.3 Å². The molecule has 0 radical (unpaired) electrons. The van der Waals surface area contributed by atoms with Gasteiger partial charge in [-0.15, -0.1) is 11.8 Å². The molecule has 1 saturated heterocycles. The summed E-state index contributed by atoms with van der Waals surface area (Å²) < 4.78 is 16.1. The number of para-hydroxylation sites is 1. The molecule has 22 heavy (non-hydrogen) atoms.